The fourth-order valence-electron chi connectivity index (χ4n) is 2.42. The number of thiazole rings is 1. The van der Waals surface area contributed by atoms with Crippen LogP contribution in [0.3, 0.4) is 0 Å². The van der Waals surface area contributed by atoms with Crippen LogP contribution in [0.4, 0.5) is 16.8 Å². The van der Waals surface area contributed by atoms with E-state index in [1.807, 2.05) is 37.3 Å². The maximum absolute atomic E-state index is 12.3. The van der Waals surface area contributed by atoms with Crippen molar-refractivity contribution in [2.24, 2.45) is 0 Å². The average molecular weight is 361 g/mol. The van der Waals surface area contributed by atoms with E-state index >= 15 is 0 Å². The maximum atomic E-state index is 12.3. The van der Waals surface area contributed by atoms with Crippen molar-refractivity contribution in [3.05, 3.63) is 72.1 Å². The third kappa shape index (κ3) is 3.52. The number of amides is 1. The second kappa shape index (κ2) is 6.89. The third-order valence-corrected chi connectivity index (χ3v) is 4.68. The Kier molecular flexibility index (Phi) is 4.28. The molecule has 0 saturated heterocycles. The Morgan fingerprint density at radius 2 is 1.81 bits per heavy atom. The summed E-state index contributed by atoms with van der Waals surface area (Å²) in [5.74, 6) is 0.365. The van der Waals surface area contributed by atoms with Gasteiger partial charge in [0, 0.05) is 23.6 Å². The van der Waals surface area contributed by atoms with Crippen molar-refractivity contribution < 1.29 is 4.79 Å². The molecule has 0 atom stereocenters. The molecule has 0 bridgehead atoms. The first-order valence-corrected chi connectivity index (χ1v) is 8.82. The Balaban J connectivity index is 1.53. The van der Waals surface area contributed by atoms with E-state index < -0.39 is 0 Å². The minimum atomic E-state index is -0.167. The van der Waals surface area contributed by atoms with Crippen LogP contribution < -0.4 is 10.6 Å². The van der Waals surface area contributed by atoms with Gasteiger partial charge in [-0.05, 0) is 43.3 Å². The highest BCUT2D eigenvalue weighted by Gasteiger charge is 2.10. The van der Waals surface area contributed by atoms with Gasteiger partial charge in [0.2, 0.25) is 5.95 Å². The molecular weight excluding hydrogens is 346 g/mol. The number of anilines is 3. The average Bonchev–Trinajstić information content (AvgIpc) is 3.04. The predicted octanol–water partition coefficient (Wildman–Crippen LogP) is 4.39. The van der Waals surface area contributed by atoms with Gasteiger partial charge < -0.3 is 5.32 Å². The number of nitrogens with one attached hydrogen (secondary N) is 2. The lowest BCUT2D eigenvalue weighted by molar-refractivity contribution is 0.102. The van der Waals surface area contributed by atoms with Crippen LogP contribution in [0.2, 0.25) is 0 Å². The summed E-state index contributed by atoms with van der Waals surface area (Å²) in [6.07, 6.45) is 3.36. The highest BCUT2D eigenvalue weighted by atomic mass is 32.1. The summed E-state index contributed by atoms with van der Waals surface area (Å²) < 4.78 is 0.963. The van der Waals surface area contributed by atoms with Gasteiger partial charge in [-0.25, -0.2) is 15.0 Å². The summed E-state index contributed by atoms with van der Waals surface area (Å²) in [5, 5.41) is 6.57. The fourth-order valence-corrected chi connectivity index (χ4v) is 3.32. The number of nitrogens with zero attached hydrogens (tertiary/aromatic N) is 3. The molecule has 128 valence electrons. The molecule has 4 rings (SSSR count). The molecule has 0 radical (unpaired) electrons. The van der Waals surface area contributed by atoms with E-state index in [2.05, 4.69) is 25.6 Å². The van der Waals surface area contributed by atoms with E-state index in [0.29, 0.717) is 16.6 Å². The summed E-state index contributed by atoms with van der Waals surface area (Å²) >= 11 is 1.42. The molecule has 0 aliphatic rings. The lowest BCUT2D eigenvalue weighted by atomic mass is 10.1. The number of hydrogen-bond donors (Lipinski definition) is 2. The van der Waals surface area contributed by atoms with Crippen LogP contribution in [0.5, 0.6) is 0 Å². The molecule has 0 unspecified atom stereocenters. The molecule has 2 aromatic heterocycles. The van der Waals surface area contributed by atoms with E-state index in [0.717, 1.165) is 21.5 Å². The fraction of sp³-hybridized carbons (Fsp3) is 0.0526. The van der Waals surface area contributed by atoms with Gasteiger partial charge in [-0.1, -0.05) is 29.0 Å². The summed E-state index contributed by atoms with van der Waals surface area (Å²) in [6.45, 7) is 1.99. The summed E-state index contributed by atoms with van der Waals surface area (Å²) in [7, 11) is 0. The van der Waals surface area contributed by atoms with Crippen LogP contribution in [0, 0.1) is 6.92 Å². The molecule has 7 heteroatoms. The van der Waals surface area contributed by atoms with Crippen molar-refractivity contribution in [1.29, 1.82) is 0 Å². The molecule has 0 saturated carbocycles. The topological polar surface area (TPSA) is 79.8 Å². The van der Waals surface area contributed by atoms with E-state index in [1.165, 1.54) is 11.3 Å². The molecule has 26 heavy (non-hydrogen) atoms. The minimum absolute atomic E-state index is 0.167. The number of aryl methyl sites for hydroxylation is 1. The molecule has 2 aromatic carbocycles. The van der Waals surface area contributed by atoms with E-state index in [-0.39, 0.29) is 5.91 Å². The smallest absolute Gasteiger partial charge is 0.257 e. The number of carbonyl (C=O) groups excluding carboxylic acids is 1. The highest BCUT2D eigenvalue weighted by Crippen LogP contribution is 2.29. The van der Waals surface area contributed by atoms with Crippen molar-refractivity contribution in [2.75, 3.05) is 10.6 Å². The van der Waals surface area contributed by atoms with Gasteiger partial charge in [0.25, 0.3) is 5.91 Å². The van der Waals surface area contributed by atoms with Gasteiger partial charge in [-0.2, -0.15) is 0 Å². The lowest BCUT2D eigenvalue weighted by Crippen LogP contribution is -2.11. The first-order chi connectivity index (χ1) is 12.7. The summed E-state index contributed by atoms with van der Waals surface area (Å²) in [6, 6.07) is 15.0. The van der Waals surface area contributed by atoms with Gasteiger partial charge in [-0.3, -0.25) is 10.1 Å². The van der Waals surface area contributed by atoms with Crippen LogP contribution in [-0.4, -0.2) is 20.9 Å². The Bertz CT molecular complexity index is 1060. The zero-order valence-corrected chi connectivity index (χ0v) is 14.7. The van der Waals surface area contributed by atoms with Crippen LogP contribution in [-0.2, 0) is 0 Å². The molecule has 0 aliphatic carbocycles. The quantitative estimate of drug-likeness (QED) is 0.563. The molecule has 0 spiro atoms. The molecule has 0 fully saturated rings. The Labute approximate surface area is 154 Å². The van der Waals surface area contributed by atoms with E-state index in [9.17, 15) is 4.79 Å². The number of rotatable bonds is 4. The summed E-state index contributed by atoms with van der Waals surface area (Å²) in [5.41, 5.74) is 3.42. The Morgan fingerprint density at radius 3 is 2.58 bits per heavy atom. The zero-order chi connectivity index (χ0) is 17.9. The Hall–Kier alpha value is -3.32. The second-order valence-electron chi connectivity index (χ2n) is 5.72. The van der Waals surface area contributed by atoms with E-state index in [1.54, 1.807) is 30.6 Å². The van der Waals surface area contributed by atoms with Crippen LogP contribution in [0.1, 0.15) is 15.9 Å². The first kappa shape index (κ1) is 16.2. The first-order valence-electron chi connectivity index (χ1n) is 8.00. The molecule has 2 heterocycles. The Morgan fingerprint density at radius 1 is 1.04 bits per heavy atom. The predicted molar refractivity (Wildman–Crippen MR) is 104 cm³/mol. The standard InChI is InChI=1S/C19H15N5OS/c1-12-3-5-13(6-4-12)17(25)24-19-23-15-8-7-14(11-16(15)26-19)22-18-20-9-2-10-21-18/h2-11H,1H3,(H,20,21,22)(H,23,24,25). The van der Waals surface area contributed by atoms with Crippen LogP contribution >= 0.6 is 11.3 Å². The SMILES string of the molecule is Cc1ccc(C(=O)Nc2nc3ccc(Nc4ncccn4)cc3s2)cc1. The van der Waals surface area contributed by atoms with Crippen LogP contribution in [0.15, 0.2) is 60.9 Å². The van der Waals surface area contributed by atoms with Crippen molar-refractivity contribution >= 4 is 44.2 Å². The molecule has 1 amide bonds. The molecule has 4 aromatic rings. The van der Waals surface area contributed by atoms with Crippen molar-refractivity contribution in [2.45, 2.75) is 6.92 Å². The number of carbonyl (C=O) groups is 1. The maximum Gasteiger partial charge on any atom is 0.257 e. The normalized spacial score (nSPS) is 10.7. The van der Waals surface area contributed by atoms with Crippen molar-refractivity contribution in [3.8, 4) is 0 Å². The number of aromatic nitrogens is 3. The number of hydrogen-bond acceptors (Lipinski definition) is 6. The number of fused-ring (bicyclic) bond motifs is 1. The highest BCUT2D eigenvalue weighted by molar-refractivity contribution is 7.22. The molecule has 0 aliphatic heterocycles. The monoisotopic (exact) mass is 361 g/mol. The third-order valence-electron chi connectivity index (χ3n) is 3.74. The van der Waals surface area contributed by atoms with Crippen molar-refractivity contribution in [1.82, 2.24) is 15.0 Å². The largest absolute Gasteiger partial charge is 0.324 e. The van der Waals surface area contributed by atoms with Gasteiger partial charge in [0.15, 0.2) is 5.13 Å². The minimum Gasteiger partial charge on any atom is -0.324 e. The second-order valence-corrected chi connectivity index (χ2v) is 6.75. The molecular formula is C19H15N5OS. The van der Waals surface area contributed by atoms with Crippen LogP contribution in [0.25, 0.3) is 10.2 Å². The van der Waals surface area contributed by atoms with Gasteiger partial charge in [0.1, 0.15) is 0 Å². The van der Waals surface area contributed by atoms with Gasteiger partial charge in [-0.15, -0.1) is 0 Å². The zero-order valence-electron chi connectivity index (χ0n) is 13.9. The molecule has 6 nitrogen and oxygen atoms in total. The van der Waals surface area contributed by atoms with Gasteiger partial charge >= 0.3 is 0 Å². The van der Waals surface area contributed by atoms with Gasteiger partial charge in [0.05, 0.1) is 10.2 Å². The summed E-state index contributed by atoms with van der Waals surface area (Å²) in [4.78, 5) is 25.1. The van der Waals surface area contributed by atoms with Crippen molar-refractivity contribution in [3.63, 3.8) is 0 Å². The van der Waals surface area contributed by atoms with E-state index in [4.69, 9.17) is 0 Å². The number of benzene rings is 2. The lowest BCUT2D eigenvalue weighted by Gasteiger charge is -2.03. The molecule has 2 N–H and O–H groups in total.